The maximum absolute atomic E-state index is 11.7. The topological polar surface area (TPSA) is 84.1 Å². The van der Waals surface area contributed by atoms with E-state index >= 15 is 0 Å². The van der Waals surface area contributed by atoms with Gasteiger partial charge in [-0.05, 0) is 26.2 Å². The number of nitrogens with zero attached hydrogens (tertiary/aromatic N) is 3. The van der Waals surface area contributed by atoms with E-state index in [-0.39, 0.29) is 18.0 Å². The molecule has 0 radical (unpaired) electrons. The summed E-state index contributed by atoms with van der Waals surface area (Å²) in [5, 5.41) is 3.07. The molecule has 1 aromatic rings. The third-order valence-corrected chi connectivity index (χ3v) is 3.76. The van der Waals surface area contributed by atoms with Crippen LogP contribution in [0, 0.1) is 0 Å². The summed E-state index contributed by atoms with van der Waals surface area (Å²) in [5.41, 5.74) is 6.70. The van der Waals surface area contributed by atoms with Crippen LogP contribution in [0.1, 0.15) is 38.8 Å². The Morgan fingerprint density at radius 2 is 2.19 bits per heavy atom. The van der Waals surface area contributed by atoms with Crippen molar-refractivity contribution in [3.05, 3.63) is 18.1 Å². The largest absolute Gasteiger partial charge is 0.356 e. The number of carbonyl (C=O) groups is 1. The lowest BCUT2D eigenvalue weighted by Crippen LogP contribution is -2.45. The molecule has 1 aliphatic heterocycles. The van der Waals surface area contributed by atoms with Crippen molar-refractivity contribution < 1.29 is 4.79 Å². The average Bonchev–Trinajstić information content (AvgIpc) is 2.47. The third-order valence-electron chi connectivity index (χ3n) is 3.76. The lowest BCUT2D eigenvalue weighted by atomic mass is 10.0. The number of piperidine rings is 1. The molecular formula is C15H25N5O. The molecule has 1 amide bonds. The Balaban J connectivity index is 1.84. The molecule has 6 heteroatoms. The molecule has 0 saturated carbocycles. The highest BCUT2D eigenvalue weighted by Crippen LogP contribution is 2.18. The van der Waals surface area contributed by atoms with E-state index in [4.69, 9.17) is 5.73 Å². The van der Waals surface area contributed by atoms with E-state index in [0.717, 1.165) is 43.9 Å². The Morgan fingerprint density at radius 3 is 2.81 bits per heavy atom. The third kappa shape index (κ3) is 4.67. The predicted octanol–water partition coefficient (Wildman–Crippen LogP) is 0.861. The van der Waals surface area contributed by atoms with Crippen molar-refractivity contribution >= 4 is 11.7 Å². The number of anilines is 1. The van der Waals surface area contributed by atoms with Crippen LogP contribution in [0.4, 0.5) is 5.82 Å². The Bertz CT molecular complexity index is 469. The summed E-state index contributed by atoms with van der Waals surface area (Å²) in [4.78, 5) is 22.6. The van der Waals surface area contributed by atoms with E-state index < -0.39 is 0 Å². The zero-order chi connectivity index (χ0) is 15.2. The number of nitrogens with two attached hydrogens (primary N) is 1. The van der Waals surface area contributed by atoms with Gasteiger partial charge in [0.15, 0.2) is 0 Å². The lowest BCUT2D eigenvalue weighted by molar-refractivity contribution is -0.122. The van der Waals surface area contributed by atoms with Gasteiger partial charge in [-0.2, -0.15) is 0 Å². The number of rotatable bonds is 5. The molecule has 1 aliphatic rings. The summed E-state index contributed by atoms with van der Waals surface area (Å²) in [7, 11) is 0. The van der Waals surface area contributed by atoms with Crippen molar-refractivity contribution in [2.75, 3.05) is 18.0 Å². The Labute approximate surface area is 126 Å². The maximum atomic E-state index is 11.7. The first kappa shape index (κ1) is 15.7. The van der Waals surface area contributed by atoms with Crippen molar-refractivity contribution in [3.63, 3.8) is 0 Å². The van der Waals surface area contributed by atoms with E-state index in [1.54, 1.807) is 6.33 Å². The van der Waals surface area contributed by atoms with Gasteiger partial charge in [0.2, 0.25) is 5.91 Å². The first-order chi connectivity index (χ1) is 10.1. The van der Waals surface area contributed by atoms with Crippen LogP contribution in [0.15, 0.2) is 12.4 Å². The fourth-order valence-corrected chi connectivity index (χ4v) is 2.58. The highest BCUT2D eigenvalue weighted by molar-refractivity contribution is 5.76. The minimum Gasteiger partial charge on any atom is -0.356 e. The molecule has 116 valence electrons. The summed E-state index contributed by atoms with van der Waals surface area (Å²) in [5.74, 6) is 1.04. The number of hydrogen-bond donors (Lipinski definition) is 2. The van der Waals surface area contributed by atoms with Gasteiger partial charge in [0.25, 0.3) is 0 Å². The van der Waals surface area contributed by atoms with Crippen LogP contribution in [0.2, 0.25) is 0 Å². The van der Waals surface area contributed by atoms with E-state index in [1.807, 2.05) is 6.92 Å². The minimum atomic E-state index is -0.0847. The number of hydrogen-bond acceptors (Lipinski definition) is 5. The second kappa shape index (κ2) is 7.36. The van der Waals surface area contributed by atoms with Crippen LogP contribution in [-0.2, 0) is 11.2 Å². The van der Waals surface area contributed by atoms with Gasteiger partial charge >= 0.3 is 0 Å². The molecule has 21 heavy (non-hydrogen) atoms. The summed E-state index contributed by atoms with van der Waals surface area (Å²) in [6, 6.07) is 2.22. The van der Waals surface area contributed by atoms with Gasteiger partial charge in [-0.15, -0.1) is 0 Å². The van der Waals surface area contributed by atoms with Crippen LogP contribution < -0.4 is 16.0 Å². The van der Waals surface area contributed by atoms with Crippen molar-refractivity contribution in [3.8, 4) is 0 Å². The summed E-state index contributed by atoms with van der Waals surface area (Å²) >= 11 is 0. The first-order valence-electron chi connectivity index (χ1n) is 7.69. The summed E-state index contributed by atoms with van der Waals surface area (Å²) < 4.78 is 0. The molecule has 1 atom stereocenters. The van der Waals surface area contributed by atoms with Gasteiger partial charge in [-0.3, -0.25) is 4.79 Å². The van der Waals surface area contributed by atoms with Crippen molar-refractivity contribution in [1.29, 1.82) is 0 Å². The molecule has 0 aromatic carbocycles. The molecule has 1 fully saturated rings. The highest BCUT2D eigenvalue weighted by Gasteiger charge is 2.21. The van der Waals surface area contributed by atoms with Crippen LogP contribution in [0.3, 0.4) is 0 Å². The second-order valence-corrected chi connectivity index (χ2v) is 5.73. The van der Waals surface area contributed by atoms with Crippen LogP contribution in [-0.4, -0.2) is 41.0 Å². The molecule has 6 nitrogen and oxygen atoms in total. The summed E-state index contributed by atoms with van der Waals surface area (Å²) in [6.07, 6.45) is 4.82. The van der Waals surface area contributed by atoms with Gasteiger partial charge < -0.3 is 16.0 Å². The van der Waals surface area contributed by atoms with E-state index in [0.29, 0.717) is 6.42 Å². The highest BCUT2D eigenvalue weighted by atomic mass is 16.1. The molecule has 0 bridgehead atoms. The Hall–Kier alpha value is -1.69. The molecule has 2 rings (SSSR count). The minimum absolute atomic E-state index is 0.0544. The zero-order valence-corrected chi connectivity index (χ0v) is 12.9. The zero-order valence-electron chi connectivity index (χ0n) is 12.9. The van der Waals surface area contributed by atoms with Gasteiger partial charge in [-0.25, -0.2) is 9.97 Å². The molecule has 3 N–H and O–H groups in total. The van der Waals surface area contributed by atoms with Gasteiger partial charge in [0.1, 0.15) is 12.1 Å². The predicted molar refractivity (Wildman–Crippen MR) is 83.1 cm³/mol. The number of amides is 1. The SMILES string of the molecule is CCc1cc(N2CCC(NC(=O)CC(C)N)CC2)ncn1. The number of aromatic nitrogens is 2. The van der Waals surface area contributed by atoms with E-state index in [1.165, 1.54) is 0 Å². The Morgan fingerprint density at radius 1 is 1.48 bits per heavy atom. The molecular weight excluding hydrogens is 266 g/mol. The Kier molecular flexibility index (Phi) is 5.50. The summed E-state index contributed by atoms with van der Waals surface area (Å²) in [6.45, 7) is 5.75. The molecule has 1 unspecified atom stereocenters. The quantitative estimate of drug-likeness (QED) is 0.840. The fraction of sp³-hybridized carbons (Fsp3) is 0.667. The van der Waals surface area contributed by atoms with Crippen molar-refractivity contribution in [2.45, 2.75) is 51.6 Å². The van der Waals surface area contributed by atoms with Crippen LogP contribution in [0.5, 0.6) is 0 Å². The van der Waals surface area contributed by atoms with E-state index in [2.05, 4.69) is 33.2 Å². The lowest BCUT2D eigenvalue weighted by Gasteiger charge is -2.33. The number of nitrogens with one attached hydrogen (secondary N) is 1. The van der Waals surface area contributed by atoms with E-state index in [9.17, 15) is 4.79 Å². The van der Waals surface area contributed by atoms with Crippen molar-refractivity contribution in [2.24, 2.45) is 5.73 Å². The smallest absolute Gasteiger partial charge is 0.221 e. The maximum Gasteiger partial charge on any atom is 0.221 e. The second-order valence-electron chi connectivity index (χ2n) is 5.73. The van der Waals surface area contributed by atoms with Crippen LogP contribution in [0.25, 0.3) is 0 Å². The van der Waals surface area contributed by atoms with Gasteiger partial charge in [0.05, 0.1) is 0 Å². The normalized spacial score (nSPS) is 17.6. The molecule has 2 heterocycles. The number of carbonyl (C=O) groups excluding carboxylic acids is 1. The van der Waals surface area contributed by atoms with Crippen molar-refractivity contribution in [1.82, 2.24) is 15.3 Å². The standard InChI is InChI=1S/C15H25N5O/c1-3-12-9-14(18-10-17-12)20-6-4-13(5-7-20)19-15(21)8-11(2)16/h9-11,13H,3-8,16H2,1-2H3,(H,19,21). The number of aryl methyl sites for hydroxylation is 1. The molecule has 1 aromatic heterocycles. The average molecular weight is 291 g/mol. The van der Waals surface area contributed by atoms with Gasteiger partial charge in [0, 0.05) is 43.4 Å². The van der Waals surface area contributed by atoms with Gasteiger partial charge in [-0.1, -0.05) is 6.92 Å². The molecule has 0 aliphatic carbocycles. The first-order valence-corrected chi connectivity index (χ1v) is 7.69. The monoisotopic (exact) mass is 291 g/mol. The van der Waals surface area contributed by atoms with Crippen LogP contribution >= 0.6 is 0 Å². The molecule has 1 saturated heterocycles. The molecule has 0 spiro atoms. The fourth-order valence-electron chi connectivity index (χ4n) is 2.58.